The first kappa shape index (κ1) is 14.5. The van der Waals surface area contributed by atoms with E-state index in [0.717, 1.165) is 37.3 Å². The lowest BCUT2D eigenvalue weighted by Gasteiger charge is -2.27. The lowest BCUT2D eigenvalue weighted by atomic mass is 9.87. The van der Waals surface area contributed by atoms with E-state index in [1.165, 1.54) is 25.7 Å². The van der Waals surface area contributed by atoms with Crippen LogP contribution in [0.1, 0.15) is 38.3 Å². The van der Waals surface area contributed by atoms with Gasteiger partial charge < -0.3 is 5.32 Å². The molecule has 1 N–H and O–H groups in total. The molecule has 0 spiro atoms. The van der Waals surface area contributed by atoms with Crippen molar-refractivity contribution < 1.29 is 0 Å². The van der Waals surface area contributed by atoms with Crippen molar-refractivity contribution in [3.8, 4) is 0 Å². The highest BCUT2D eigenvalue weighted by Gasteiger charge is 2.17. The molecule has 1 aromatic rings. The number of nitrogens with one attached hydrogen (secondary N) is 1. The van der Waals surface area contributed by atoms with Gasteiger partial charge in [0.1, 0.15) is 0 Å². The summed E-state index contributed by atoms with van der Waals surface area (Å²) in [4.78, 5) is 6.70. The SMILES string of the molecule is CC1CCC(NCCN(C)Cc2ccccn2)CC1. The van der Waals surface area contributed by atoms with E-state index >= 15 is 0 Å². The number of rotatable bonds is 6. The van der Waals surface area contributed by atoms with E-state index < -0.39 is 0 Å². The summed E-state index contributed by atoms with van der Waals surface area (Å²) in [5.74, 6) is 0.935. The number of pyridine rings is 1. The second-order valence-corrected chi connectivity index (χ2v) is 5.97. The van der Waals surface area contributed by atoms with Gasteiger partial charge in [0.15, 0.2) is 0 Å². The van der Waals surface area contributed by atoms with Crippen molar-refractivity contribution in [2.45, 2.75) is 45.2 Å². The molecule has 0 aromatic carbocycles. The van der Waals surface area contributed by atoms with Crippen LogP contribution >= 0.6 is 0 Å². The largest absolute Gasteiger partial charge is 0.313 e. The maximum Gasteiger partial charge on any atom is 0.0543 e. The van der Waals surface area contributed by atoms with Gasteiger partial charge >= 0.3 is 0 Å². The van der Waals surface area contributed by atoms with Crippen LogP contribution in [0.25, 0.3) is 0 Å². The summed E-state index contributed by atoms with van der Waals surface area (Å²) in [7, 11) is 2.17. The third-order valence-electron chi connectivity index (χ3n) is 4.10. The molecule has 0 aliphatic heterocycles. The fourth-order valence-electron chi connectivity index (χ4n) is 2.77. The summed E-state index contributed by atoms with van der Waals surface area (Å²) in [6.45, 7) is 5.48. The van der Waals surface area contributed by atoms with E-state index in [-0.39, 0.29) is 0 Å². The normalized spacial score (nSPS) is 23.7. The molecule has 3 heteroatoms. The highest BCUT2D eigenvalue weighted by Crippen LogP contribution is 2.23. The van der Waals surface area contributed by atoms with Crippen molar-refractivity contribution >= 4 is 0 Å². The first-order valence-electron chi connectivity index (χ1n) is 7.56. The molecule has 1 aliphatic rings. The first-order valence-corrected chi connectivity index (χ1v) is 7.56. The Morgan fingerprint density at radius 2 is 2.05 bits per heavy atom. The van der Waals surface area contributed by atoms with Crippen molar-refractivity contribution in [2.75, 3.05) is 20.1 Å². The highest BCUT2D eigenvalue weighted by molar-refractivity contribution is 5.02. The molecule has 106 valence electrons. The van der Waals surface area contributed by atoms with Crippen LogP contribution in [0, 0.1) is 5.92 Å². The van der Waals surface area contributed by atoms with Crippen LogP contribution in [0.3, 0.4) is 0 Å². The summed E-state index contributed by atoms with van der Waals surface area (Å²) >= 11 is 0. The van der Waals surface area contributed by atoms with Gasteiger partial charge in [0.05, 0.1) is 5.69 Å². The topological polar surface area (TPSA) is 28.2 Å². The summed E-state index contributed by atoms with van der Waals surface area (Å²) < 4.78 is 0. The third-order valence-corrected chi connectivity index (χ3v) is 4.10. The average molecular weight is 261 g/mol. The zero-order valence-corrected chi connectivity index (χ0v) is 12.3. The Bertz CT molecular complexity index is 344. The Hall–Kier alpha value is -0.930. The fraction of sp³-hybridized carbons (Fsp3) is 0.688. The molecule has 3 nitrogen and oxygen atoms in total. The molecule has 1 aliphatic carbocycles. The Kier molecular flexibility index (Phi) is 5.80. The number of likely N-dealkylation sites (N-methyl/N-ethyl adjacent to an activating group) is 1. The molecular formula is C16H27N3. The number of aromatic nitrogens is 1. The molecular weight excluding hydrogens is 234 g/mol. The van der Waals surface area contributed by atoms with Crippen molar-refractivity contribution in [1.82, 2.24) is 15.2 Å². The van der Waals surface area contributed by atoms with Crippen LogP contribution in [0.4, 0.5) is 0 Å². The minimum absolute atomic E-state index is 0.749. The Morgan fingerprint density at radius 1 is 1.26 bits per heavy atom. The van der Waals surface area contributed by atoms with Gasteiger partial charge in [0.2, 0.25) is 0 Å². The van der Waals surface area contributed by atoms with Gasteiger partial charge in [-0.1, -0.05) is 13.0 Å². The molecule has 0 radical (unpaired) electrons. The second-order valence-electron chi connectivity index (χ2n) is 5.97. The predicted molar refractivity (Wildman–Crippen MR) is 80.0 cm³/mol. The van der Waals surface area contributed by atoms with Gasteiger partial charge in [-0.25, -0.2) is 0 Å². The standard InChI is InChI=1S/C16H27N3/c1-14-6-8-15(9-7-14)18-11-12-19(2)13-16-5-3-4-10-17-16/h3-5,10,14-15,18H,6-9,11-13H2,1-2H3. The van der Waals surface area contributed by atoms with Crippen LogP contribution in [0.15, 0.2) is 24.4 Å². The Labute approximate surface area is 117 Å². The van der Waals surface area contributed by atoms with Gasteiger partial charge in [0.25, 0.3) is 0 Å². The minimum atomic E-state index is 0.749. The highest BCUT2D eigenvalue weighted by atomic mass is 15.1. The smallest absolute Gasteiger partial charge is 0.0543 e. The van der Waals surface area contributed by atoms with Crippen LogP contribution in [-0.2, 0) is 6.54 Å². The quantitative estimate of drug-likeness (QED) is 0.853. The van der Waals surface area contributed by atoms with Crippen LogP contribution in [-0.4, -0.2) is 36.1 Å². The molecule has 0 unspecified atom stereocenters. The van der Waals surface area contributed by atoms with E-state index in [2.05, 4.69) is 41.3 Å². The fourth-order valence-corrected chi connectivity index (χ4v) is 2.77. The van der Waals surface area contributed by atoms with Crippen LogP contribution in [0.2, 0.25) is 0 Å². The zero-order valence-electron chi connectivity index (χ0n) is 12.3. The number of nitrogens with zero attached hydrogens (tertiary/aromatic N) is 2. The Morgan fingerprint density at radius 3 is 2.74 bits per heavy atom. The minimum Gasteiger partial charge on any atom is -0.313 e. The number of hydrogen-bond acceptors (Lipinski definition) is 3. The first-order chi connectivity index (χ1) is 9.24. The molecule has 0 saturated heterocycles. The van der Waals surface area contributed by atoms with E-state index in [0.29, 0.717) is 0 Å². The molecule has 1 saturated carbocycles. The summed E-state index contributed by atoms with van der Waals surface area (Å²) in [6, 6.07) is 6.86. The van der Waals surface area contributed by atoms with Gasteiger partial charge in [-0.15, -0.1) is 0 Å². The van der Waals surface area contributed by atoms with E-state index in [1.54, 1.807) is 0 Å². The molecule has 1 aromatic heterocycles. The van der Waals surface area contributed by atoms with E-state index in [1.807, 2.05) is 12.3 Å². The van der Waals surface area contributed by atoms with Crippen molar-refractivity contribution in [3.63, 3.8) is 0 Å². The molecule has 19 heavy (non-hydrogen) atoms. The molecule has 2 rings (SSSR count). The summed E-state index contributed by atoms with van der Waals surface area (Å²) in [5, 5.41) is 3.70. The van der Waals surface area contributed by atoms with Gasteiger partial charge in [-0.2, -0.15) is 0 Å². The van der Waals surface area contributed by atoms with E-state index in [4.69, 9.17) is 0 Å². The second kappa shape index (κ2) is 7.61. The Balaban J connectivity index is 1.60. The van der Waals surface area contributed by atoms with Gasteiger partial charge in [-0.05, 0) is 50.8 Å². The maximum absolute atomic E-state index is 4.36. The average Bonchev–Trinajstić information content (AvgIpc) is 2.42. The van der Waals surface area contributed by atoms with Crippen molar-refractivity contribution in [3.05, 3.63) is 30.1 Å². The summed E-state index contributed by atoms with van der Waals surface area (Å²) in [6.07, 6.45) is 7.35. The van der Waals surface area contributed by atoms with Crippen LogP contribution < -0.4 is 5.32 Å². The van der Waals surface area contributed by atoms with Gasteiger partial charge in [-0.3, -0.25) is 9.88 Å². The van der Waals surface area contributed by atoms with Crippen LogP contribution in [0.5, 0.6) is 0 Å². The van der Waals surface area contributed by atoms with Gasteiger partial charge in [0, 0.05) is 31.9 Å². The lowest BCUT2D eigenvalue weighted by Crippen LogP contribution is -2.37. The molecule has 1 fully saturated rings. The lowest BCUT2D eigenvalue weighted by molar-refractivity contribution is 0.277. The van der Waals surface area contributed by atoms with Crippen molar-refractivity contribution in [2.24, 2.45) is 5.92 Å². The summed E-state index contributed by atoms with van der Waals surface area (Å²) in [5.41, 5.74) is 1.15. The molecule has 0 bridgehead atoms. The van der Waals surface area contributed by atoms with E-state index in [9.17, 15) is 0 Å². The molecule has 0 atom stereocenters. The van der Waals surface area contributed by atoms with Crippen molar-refractivity contribution in [1.29, 1.82) is 0 Å². The molecule has 0 amide bonds. The zero-order chi connectivity index (χ0) is 13.5. The third kappa shape index (κ3) is 5.29. The number of hydrogen-bond donors (Lipinski definition) is 1. The maximum atomic E-state index is 4.36. The predicted octanol–water partition coefficient (Wildman–Crippen LogP) is 2.68. The molecule has 1 heterocycles. The monoisotopic (exact) mass is 261 g/mol.